The molecule has 0 aliphatic heterocycles. The molecule has 4 aromatic carbocycles. The zero-order valence-electron chi connectivity index (χ0n) is 18.8. The maximum absolute atomic E-state index is 12.6. The number of para-hydroxylation sites is 1. The van der Waals surface area contributed by atoms with E-state index in [9.17, 15) is 22.8 Å². The summed E-state index contributed by atoms with van der Waals surface area (Å²) in [4.78, 5) is 24.9. The van der Waals surface area contributed by atoms with Gasteiger partial charge in [0.1, 0.15) is 0 Å². The molecule has 0 atom stereocenters. The molecule has 36 heavy (non-hydrogen) atoms. The quantitative estimate of drug-likeness (QED) is 0.224. The highest BCUT2D eigenvalue weighted by Crippen LogP contribution is 2.29. The van der Waals surface area contributed by atoms with Crippen LogP contribution in [0.3, 0.4) is 0 Å². The standard InChI is InChI=1S/C27H21F3N4O2/c28-27(29,30)20-11-15-23(16-12-20)33-34-26(36)18-9-13-22(14-10-18)31-24-8-4-5-19(17-24)25(35)32-21-6-2-1-3-7-21/h1-17,31,33H,(H,32,35)(H,34,36). The summed E-state index contributed by atoms with van der Waals surface area (Å²) in [5.74, 6) is -0.696. The van der Waals surface area contributed by atoms with Crippen LogP contribution in [0.2, 0.25) is 0 Å². The molecule has 9 heteroatoms. The summed E-state index contributed by atoms with van der Waals surface area (Å²) in [6.07, 6.45) is -4.42. The van der Waals surface area contributed by atoms with Crippen molar-refractivity contribution < 1.29 is 22.8 Å². The molecule has 182 valence electrons. The number of hydrogen-bond acceptors (Lipinski definition) is 4. The second kappa shape index (κ2) is 10.6. The van der Waals surface area contributed by atoms with E-state index in [0.717, 1.165) is 12.1 Å². The van der Waals surface area contributed by atoms with Gasteiger partial charge in [-0.15, -0.1) is 0 Å². The fourth-order valence-electron chi connectivity index (χ4n) is 3.28. The van der Waals surface area contributed by atoms with Gasteiger partial charge in [-0.05, 0) is 78.9 Å². The van der Waals surface area contributed by atoms with Gasteiger partial charge in [-0.25, -0.2) is 0 Å². The van der Waals surface area contributed by atoms with Crippen LogP contribution in [0.1, 0.15) is 26.3 Å². The summed E-state index contributed by atoms with van der Waals surface area (Å²) in [7, 11) is 0. The van der Waals surface area contributed by atoms with Crippen LogP contribution in [0, 0.1) is 0 Å². The monoisotopic (exact) mass is 490 g/mol. The molecular formula is C27H21F3N4O2. The van der Waals surface area contributed by atoms with Gasteiger partial charge in [-0.3, -0.25) is 20.4 Å². The lowest BCUT2D eigenvalue weighted by molar-refractivity contribution is -0.137. The summed E-state index contributed by atoms with van der Waals surface area (Å²) in [6, 6.07) is 27.0. The van der Waals surface area contributed by atoms with Crippen molar-refractivity contribution in [1.82, 2.24) is 5.43 Å². The van der Waals surface area contributed by atoms with Crippen LogP contribution in [-0.2, 0) is 6.18 Å². The Kier molecular flexibility index (Phi) is 7.20. The molecule has 0 saturated heterocycles. The molecule has 6 nitrogen and oxygen atoms in total. The lowest BCUT2D eigenvalue weighted by atomic mass is 10.1. The first-order valence-corrected chi connectivity index (χ1v) is 10.8. The van der Waals surface area contributed by atoms with E-state index >= 15 is 0 Å². The molecule has 4 aromatic rings. The number of amides is 2. The van der Waals surface area contributed by atoms with Crippen molar-refractivity contribution in [2.75, 3.05) is 16.1 Å². The molecule has 0 aliphatic carbocycles. The van der Waals surface area contributed by atoms with Gasteiger partial charge in [-0.2, -0.15) is 13.2 Å². The van der Waals surface area contributed by atoms with Crippen LogP contribution in [0.25, 0.3) is 0 Å². The van der Waals surface area contributed by atoms with Crippen LogP contribution >= 0.6 is 0 Å². The number of carbonyl (C=O) groups is 2. The van der Waals surface area contributed by atoms with Gasteiger partial charge >= 0.3 is 6.18 Å². The fourth-order valence-corrected chi connectivity index (χ4v) is 3.28. The number of hydrogen-bond donors (Lipinski definition) is 4. The van der Waals surface area contributed by atoms with Crippen molar-refractivity contribution >= 4 is 34.6 Å². The number of alkyl halides is 3. The van der Waals surface area contributed by atoms with Crippen LogP contribution in [-0.4, -0.2) is 11.8 Å². The minimum absolute atomic E-state index is 0.239. The first-order chi connectivity index (χ1) is 17.3. The molecule has 0 fully saturated rings. The smallest absolute Gasteiger partial charge is 0.356 e. The minimum atomic E-state index is -4.42. The summed E-state index contributed by atoms with van der Waals surface area (Å²) in [5, 5.41) is 6.02. The van der Waals surface area contributed by atoms with Gasteiger partial charge in [0.2, 0.25) is 0 Å². The molecule has 2 amide bonds. The molecular weight excluding hydrogens is 469 g/mol. The maximum Gasteiger partial charge on any atom is 0.416 e. The number of rotatable bonds is 7. The summed E-state index contributed by atoms with van der Waals surface area (Å²) < 4.78 is 37.9. The van der Waals surface area contributed by atoms with E-state index in [-0.39, 0.29) is 5.91 Å². The van der Waals surface area contributed by atoms with Gasteiger partial charge in [0, 0.05) is 28.2 Å². The highest BCUT2D eigenvalue weighted by atomic mass is 19.4. The molecule has 0 aliphatic rings. The minimum Gasteiger partial charge on any atom is -0.356 e. The molecule has 0 heterocycles. The zero-order valence-corrected chi connectivity index (χ0v) is 18.8. The first kappa shape index (κ1) is 24.3. The Morgan fingerprint density at radius 1 is 0.583 bits per heavy atom. The van der Waals surface area contributed by atoms with E-state index in [1.165, 1.54) is 12.1 Å². The van der Waals surface area contributed by atoms with E-state index in [0.29, 0.717) is 33.9 Å². The lowest BCUT2D eigenvalue weighted by Crippen LogP contribution is -2.29. The third-order valence-electron chi connectivity index (χ3n) is 5.12. The highest BCUT2D eigenvalue weighted by Gasteiger charge is 2.29. The average molecular weight is 490 g/mol. The van der Waals surface area contributed by atoms with Crippen molar-refractivity contribution in [2.24, 2.45) is 0 Å². The lowest BCUT2D eigenvalue weighted by Gasteiger charge is -2.12. The topological polar surface area (TPSA) is 82.3 Å². The van der Waals surface area contributed by atoms with Crippen LogP contribution in [0.4, 0.5) is 35.9 Å². The molecule has 0 unspecified atom stereocenters. The van der Waals surface area contributed by atoms with Crippen molar-refractivity contribution in [2.45, 2.75) is 6.18 Å². The Bertz CT molecular complexity index is 1340. The third kappa shape index (κ3) is 6.41. The van der Waals surface area contributed by atoms with Crippen molar-refractivity contribution in [3.05, 3.63) is 120 Å². The zero-order chi connectivity index (χ0) is 25.5. The van der Waals surface area contributed by atoms with Crippen molar-refractivity contribution in [3.8, 4) is 0 Å². The van der Waals surface area contributed by atoms with Gasteiger partial charge in [0.15, 0.2) is 0 Å². The number of anilines is 4. The number of hydrazine groups is 1. The number of nitrogens with one attached hydrogen (secondary N) is 4. The van der Waals surface area contributed by atoms with Crippen LogP contribution in [0.5, 0.6) is 0 Å². The van der Waals surface area contributed by atoms with Gasteiger partial charge in [0.05, 0.1) is 11.3 Å². The SMILES string of the molecule is O=C(NNc1ccc(C(F)(F)F)cc1)c1ccc(Nc2cccc(C(=O)Nc3ccccc3)c2)cc1. The Hall–Kier alpha value is -4.79. The summed E-state index contributed by atoms with van der Waals surface area (Å²) in [5.41, 5.74) is 7.48. The van der Waals surface area contributed by atoms with E-state index in [1.54, 1.807) is 54.6 Å². The number of benzene rings is 4. The van der Waals surface area contributed by atoms with Crippen molar-refractivity contribution in [1.29, 1.82) is 0 Å². The Labute approximate surface area is 205 Å². The normalized spacial score (nSPS) is 10.9. The largest absolute Gasteiger partial charge is 0.416 e. The average Bonchev–Trinajstić information content (AvgIpc) is 2.88. The first-order valence-electron chi connectivity index (χ1n) is 10.8. The molecule has 0 aromatic heterocycles. The van der Waals surface area contributed by atoms with Gasteiger partial charge < -0.3 is 10.6 Å². The van der Waals surface area contributed by atoms with Crippen LogP contribution in [0.15, 0.2) is 103 Å². The molecule has 0 spiro atoms. The molecule has 0 saturated carbocycles. The van der Waals surface area contributed by atoms with E-state index in [2.05, 4.69) is 21.5 Å². The second-order valence-electron chi connectivity index (χ2n) is 7.76. The fraction of sp³-hybridized carbons (Fsp3) is 0.0370. The van der Waals surface area contributed by atoms with E-state index in [1.807, 2.05) is 24.3 Å². The third-order valence-corrected chi connectivity index (χ3v) is 5.12. The second-order valence-corrected chi connectivity index (χ2v) is 7.76. The van der Waals surface area contributed by atoms with Crippen molar-refractivity contribution in [3.63, 3.8) is 0 Å². The predicted molar refractivity (Wildman–Crippen MR) is 133 cm³/mol. The maximum atomic E-state index is 12.6. The Balaban J connectivity index is 1.33. The highest BCUT2D eigenvalue weighted by molar-refractivity contribution is 6.04. The summed E-state index contributed by atoms with van der Waals surface area (Å²) >= 11 is 0. The number of halogens is 3. The van der Waals surface area contributed by atoms with Crippen LogP contribution < -0.4 is 21.5 Å². The predicted octanol–water partition coefficient (Wildman–Crippen LogP) is 6.46. The Morgan fingerprint density at radius 3 is 1.89 bits per heavy atom. The molecule has 4 N–H and O–H groups in total. The van der Waals surface area contributed by atoms with E-state index in [4.69, 9.17) is 0 Å². The number of carbonyl (C=O) groups excluding carboxylic acids is 2. The molecule has 0 radical (unpaired) electrons. The van der Waals surface area contributed by atoms with Gasteiger partial charge in [-0.1, -0.05) is 24.3 Å². The molecule has 4 rings (SSSR count). The molecule has 0 bridgehead atoms. The van der Waals surface area contributed by atoms with Gasteiger partial charge in [0.25, 0.3) is 11.8 Å². The Morgan fingerprint density at radius 2 is 1.22 bits per heavy atom. The van der Waals surface area contributed by atoms with E-state index < -0.39 is 17.6 Å². The summed E-state index contributed by atoms with van der Waals surface area (Å²) in [6.45, 7) is 0.